The van der Waals surface area contributed by atoms with Crippen LogP contribution < -0.4 is 4.74 Å². The molecule has 0 aromatic carbocycles. The fraction of sp³-hybridized carbons (Fsp3) is 0.524. The number of carbonyl (C=O) groups is 1. The van der Waals surface area contributed by atoms with E-state index in [-0.39, 0.29) is 18.8 Å². The Bertz CT molecular complexity index is 981. The topological polar surface area (TPSA) is 93.3 Å². The lowest BCUT2D eigenvalue weighted by molar-refractivity contribution is 0.0292. The average Bonchev–Trinajstić information content (AvgIpc) is 3.31. The first-order valence-electron chi connectivity index (χ1n) is 10.0. The monoisotopic (exact) mass is 413 g/mol. The molecule has 4 rings (SSSR count). The number of piperidine rings is 1. The highest BCUT2D eigenvalue weighted by Crippen LogP contribution is 2.39. The van der Waals surface area contributed by atoms with E-state index >= 15 is 0 Å². The van der Waals surface area contributed by atoms with Crippen LogP contribution in [0.5, 0.6) is 5.75 Å². The van der Waals surface area contributed by atoms with Crippen molar-refractivity contribution in [2.24, 2.45) is 0 Å². The summed E-state index contributed by atoms with van der Waals surface area (Å²) >= 11 is 0. The minimum absolute atomic E-state index is 0.0784. The molecule has 2 aliphatic rings. The number of hydrogen-bond acceptors (Lipinski definition) is 6. The molecule has 1 amide bonds. The maximum atomic E-state index is 15.0. The molecule has 0 N–H and O–H groups in total. The fourth-order valence-electron chi connectivity index (χ4n) is 3.54. The Morgan fingerprint density at radius 2 is 2.27 bits per heavy atom. The van der Waals surface area contributed by atoms with E-state index in [9.17, 15) is 14.4 Å². The highest BCUT2D eigenvalue weighted by Gasteiger charge is 2.44. The molecule has 2 aromatic heterocycles. The van der Waals surface area contributed by atoms with Crippen molar-refractivity contribution in [1.29, 1.82) is 5.26 Å². The van der Waals surface area contributed by atoms with Gasteiger partial charge in [0.2, 0.25) is 0 Å². The first-order valence-corrected chi connectivity index (χ1v) is 10.0. The van der Waals surface area contributed by atoms with Crippen LogP contribution in [0, 0.1) is 18.3 Å². The van der Waals surface area contributed by atoms with Crippen LogP contribution >= 0.6 is 0 Å². The maximum absolute atomic E-state index is 15.0. The van der Waals surface area contributed by atoms with Gasteiger partial charge >= 0.3 is 6.09 Å². The van der Waals surface area contributed by atoms with Gasteiger partial charge in [0.1, 0.15) is 35.9 Å². The molecule has 2 atom stereocenters. The van der Waals surface area contributed by atoms with Crippen LogP contribution in [0.1, 0.15) is 49.2 Å². The quantitative estimate of drug-likeness (QED) is 0.747. The summed E-state index contributed by atoms with van der Waals surface area (Å²) in [6, 6.07) is 5.07. The Morgan fingerprint density at radius 1 is 1.47 bits per heavy atom. The lowest BCUT2D eigenvalue weighted by Gasteiger charge is -2.34. The molecule has 8 nitrogen and oxygen atoms in total. The lowest BCUT2D eigenvalue weighted by Crippen LogP contribution is -2.47. The predicted octanol–water partition coefficient (Wildman–Crippen LogP) is 3.31. The van der Waals surface area contributed by atoms with Crippen molar-refractivity contribution in [1.82, 2.24) is 19.7 Å². The number of ether oxygens (including phenoxy) is 2. The van der Waals surface area contributed by atoms with Crippen LogP contribution in [-0.2, 0) is 11.3 Å². The van der Waals surface area contributed by atoms with Crippen LogP contribution in [0.4, 0.5) is 9.18 Å². The summed E-state index contributed by atoms with van der Waals surface area (Å²) in [6.45, 7) is 4.12. The molecule has 1 saturated carbocycles. The number of nitriles is 1. The standard InChI is InChI=1S/C21H24FN5O3/c1-14-19(4-3-8-24-14)29-13-15-11-25-27(18(15)10-23)17-5-9-26(12-16(17)22)20(28)30-21(2)6-7-21/h3-4,8,11,16-17H,5-7,9,12-13H2,1-2H3/t16-,17+/m1/s1. The molecule has 1 aliphatic heterocycles. The molecule has 158 valence electrons. The van der Waals surface area contributed by atoms with E-state index in [4.69, 9.17) is 9.47 Å². The van der Waals surface area contributed by atoms with E-state index in [2.05, 4.69) is 16.2 Å². The second-order valence-corrected chi connectivity index (χ2v) is 8.09. The number of aromatic nitrogens is 3. The summed E-state index contributed by atoms with van der Waals surface area (Å²) in [5, 5.41) is 13.9. The van der Waals surface area contributed by atoms with Gasteiger partial charge in [0.15, 0.2) is 0 Å². The van der Waals surface area contributed by atoms with Gasteiger partial charge in [0.25, 0.3) is 0 Å². The number of carbonyl (C=O) groups excluding carboxylic acids is 1. The number of aryl methyl sites for hydroxylation is 1. The van der Waals surface area contributed by atoms with Crippen molar-refractivity contribution >= 4 is 6.09 Å². The number of likely N-dealkylation sites (tertiary alicyclic amines) is 1. The summed E-state index contributed by atoms with van der Waals surface area (Å²) < 4.78 is 27.6. The fourth-order valence-corrected chi connectivity index (χ4v) is 3.54. The molecule has 2 aromatic rings. The van der Waals surface area contributed by atoms with Crippen molar-refractivity contribution < 1.29 is 18.7 Å². The van der Waals surface area contributed by atoms with Gasteiger partial charge < -0.3 is 14.4 Å². The van der Waals surface area contributed by atoms with Gasteiger partial charge in [-0.25, -0.2) is 13.9 Å². The van der Waals surface area contributed by atoms with Crippen LogP contribution in [0.2, 0.25) is 0 Å². The van der Waals surface area contributed by atoms with Gasteiger partial charge in [-0.1, -0.05) is 0 Å². The van der Waals surface area contributed by atoms with Crippen LogP contribution in [0.3, 0.4) is 0 Å². The molecule has 1 aliphatic carbocycles. The molecule has 0 bridgehead atoms. The number of halogens is 1. The molecular weight excluding hydrogens is 389 g/mol. The third kappa shape index (κ3) is 4.08. The van der Waals surface area contributed by atoms with E-state index in [1.807, 2.05) is 13.8 Å². The van der Waals surface area contributed by atoms with Gasteiger partial charge in [0.05, 0.1) is 24.5 Å². The van der Waals surface area contributed by atoms with E-state index in [0.717, 1.165) is 18.5 Å². The molecule has 30 heavy (non-hydrogen) atoms. The first kappa shape index (κ1) is 20.1. The zero-order chi connectivity index (χ0) is 21.3. The van der Waals surface area contributed by atoms with Gasteiger partial charge in [-0.05, 0) is 45.2 Å². The Balaban J connectivity index is 1.42. The number of hydrogen-bond donors (Lipinski definition) is 0. The molecule has 0 unspecified atom stereocenters. The molecule has 0 spiro atoms. The zero-order valence-electron chi connectivity index (χ0n) is 17.0. The Labute approximate surface area is 174 Å². The Morgan fingerprint density at radius 3 is 2.93 bits per heavy atom. The Hall–Kier alpha value is -3.15. The minimum atomic E-state index is -1.35. The summed E-state index contributed by atoms with van der Waals surface area (Å²) in [5.41, 5.74) is 1.20. The van der Waals surface area contributed by atoms with Crippen LogP contribution in [0.15, 0.2) is 24.5 Å². The first-order chi connectivity index (χ1) is 14.4. The molecule has 3 heterocycles. The van der Waals surface area contributed by atoms with Crippen molar-refractivity contribution in [2.45, 2.75) is 57.5 Å². The highest BCUT2D eigenvalue weighted by atomic mass is 19.1. The predicted molar refractivity (Wildman–Crippen MR) is 104 cm³/mol. The maximum Gasteiger partial charge on any atom is 0.410 e. The van der Waals surface area contributed by atoms with Gasteiger partial charge in [-0.15, -0.1) is 0 Å². The second-order valence-electron chi connectivity index (χ2n) is 8.09. The SMILES string of the molecule is Cc1ncccc1OCc1cnn([C@H]2CCN(C(=O)OC3(C)CC3)C[C@H]2F)c1C#N. The van der Waals surface area contributed by atoms with E-state index < -0.39 is 23.9 Å². The normalized spacial score (nSPS) is 22.3. The zero-order valence-corrected chi connectivity index (χ0v) is 17.0. The van der Waals surface area contributed by atoms with Crippen molar-refractivity contribution in [3.05, 3.63) is 41.5 Å². The summed E-state index contributed by atoms with van der Waals surface area (Å²) in [6.07, 6.45) is 3.43. The van der Waals surface area contributed by atoms with E-state index in [0.29, 0.717) is 24.3 Å². The van der Waals surface area contributed by atoms with E-state index in [1.165, 1.54) is 15.8 Å². The van der Waals surface area contributed by atoms with Gasteiger partial charge in [-0.3, -0.25) is 4.98 Å². The van der Waals surface area contributed by atoms with Gasteiger partial charge in [0, 0.05) is 18.3 Å². The smallest absolute Gasteiger partial charge is 0.410 e. The second kappa shape index (κ2) is 7.94. The lowest BCUT2D eigenvalue weighted by atomic mass is 10.0. The van der Waals surface area contributed by atoms with Gasteiger partial charge in [-0.2, -0.15) is 10.4 Å². The number of amides is 1. The number of alkyl halides is 1. The molecule has 1 saturated heterocycles. The number of rotatable bonds is 5. The third-order valence-electron chi connectivity index (χ3n) is 5.69. The van der Waals surface area contributed by atoms with Crippen LogP contribution in [-0.4, -0.2) is 50.6 Å². The number of pyridine rings is 1. The average molecular weight is 413 g/mol. The Kier molecular flexibility index (Phi) is 5.33. The summed E-state index contributed by atoms with van der Waals surface area (Å²) in [7, 11) is 0. The minimum Gasteiger partial charge on any atom is -0.487 e. The van der Waals surface area contributed by atoms with Crippen LogP contribution in [0.25, 0.3) is 0 Å². The highest BCUT2D eigenvalue weighted by molar-refractivity contribution is 5.68. The van der Waals surface area contributed by atoms with Crippen molar-refractivity contribution in [3.8, 4) is 11.8 Å². The summed E-state index contributed by atoms with van der Waals surface area (Å²) in [4.78, 5) is 17.8. The summed E-state index contributed by atoms with van der Waals surface area (Å²) in [5.74, 6) is 0.619. The molecule has 0 radical (unpaired) electrons. The third-order valence-corrected chi connectivity index (χ3v) is 5.69. The number of nitrogens with zero attached hydrogens (tertiary/aromatic N) is 5. The molecular formula is C21H24FN5O3. The largest absolute Gasteiger partial charge is 0.487 e. The van der Waals surface area contributed by atoms with E-state index in [1.54, 1.807) is 18.3 Å². The molecule has 2 fully saturated rings. The van der Waals surface area contributed by atoms with Crippen molar-refractivity contribution in [2.75, 3.05) is 13.1 Å². The molecule has 9 heteroatoms. The van der Waals surface area contributed by atoms with Crippen molar-refractivity contribution in [3.63, 3.8) is 0 Å².